The van der Waals surface area contributed by atoms with E-state index in [4.69, 9.17) is 9.47 Å². The zero-order valence-corrected chi connectivity index (χ0v) is 13.6. The first-order chi connectivity index (χ1) is 8.98. The van der Waals surface area contributed by atoms with E-state index in [1.165, 1.54) is 11.1 Å². The van der Waals surface area contributed by atoms with Crippen molar-refractivity contribution in [2.75, 3.05) is 12.4 Å². The van der Waals surface area contributed by atoms with Crippen LogP contribution in [0.25, 0.3) is 0 Å². The van der Waals surface area contributed by atoms with Crippen LogP contribution in [0.4, 0.5) is 0 Å². The molecule has 1 fully saturated rings. The maximum atomic E-state index is 5.89. The zero-order valence-electron chi connectivity index (χ0n) is 12.0. The maximum Gasteiger partial charge on any atom is 0.123 e. The summed E-state index contributed by atoms with van der Waals surface area (Å²) < 4.78 is 11.5. The quantitative estimate of drug-likeness (QED) is 0.777. The van der Waals surface area contributed by atoms with Crippen molar-refractivity contribution in [1.29, 1.82) is 0 Å². The molecule has 0 spiro atoms. The first kappa shape index (κ1) is 13.3. The van der Waals surface area contributed by atoms with Crippen LogP contribution in [-0.4, -0.2) is 18.5 Å². The summed E-state index contributed by atoms with van der Waals surface area (Å²) in [5, 5.41) is 1.04. The molecule has 1 heterocycles. The largest absolute Gasteiger partial charge is 0.496 e. The Morgan fingerprint density at radius 2 is 2.16 bits per heavy atom. The molecule has 0 bridgehead atoms. The molecule has 0 amide bonds. The number of halogens is 1. The normalized spacial score (nSPS) is 30.7. The van der Waals surface area contributed by atoms with Gasteiger partial charge in [0.15, 0.2) is 0 Å². The van der Waals surface area contributed by atoms with Crippen LogP contribution in [0.1, 0.15) is 37.8 Å². The monoisotopic (exact) mass is 324 g/mol. The maximum absolute atomic E-state index is 5.89. The van der Waals surface area contributed by atoms with E-state index < -0.39 is 0 Å². The van der Waals surface area contributed by atoms with Gasteiger partial charge in [-0.2, -0.15) is 0 Å². The van der Waals surface area contributed by atoms with Crippen LogP contribution in [0.5, 0.6) is 11.5 Å². The molecule has 1 aliphatic heterocycles. The Bertz CT molecular complexity index is 510. The summed E-state index contributed by atoms with van der Waals surface area (Å²) in [6.45, 7) is 6.79. The van der Waals surface area contributed by atoms with Gasteiger partial charge >= 0.3 is 0 Å². The number of hydrogen-bond donors (Lipinski definition) is 0. The molecule has 0 aromatic heterocycles. The highest BCUT2D eigenvalue weighted by Crippen LogP contribution is 2.66. The number of ether oxygens (including phenoxy) is 2. The Hall–Kier alpha value is -0.700. The molecule has 3 rings (SSSR count). The van der Waals surface area contributed by atoms with Gasteiger partial charge in [0.1, 0.15) is 17.6 Å². The fraction of sp³-hybridized carbons (Fsp3) is 0.625. The second-order valence-corrected chi connectivity index (χ2v) is 7.04. The minimum atomic E-state index is 0.286. The van der Waals surface area contributed by atoms with Crippen molar-refractivity contribution in [1.82, 2.24) is 0 Å². The minimum Gasteiger partial charge on any atom is -0.496 e. The standard InChI is InChI=1S/C16H21BrO2/c1-9-5-10-6-14(18-4)11(7-13(10)19-9)15-12(8-17)16(15,2)3/h6-7,9,12,15H,5,8H2,1-4H3. The summed E-state index contributed by atoms with van der Waals surface area (Å²) in [5.41, 5.74) is 2.93. The summed E-state index contributed by atoms with van der Waals surface area (Å²) in [6, 6.07) is 4.39. The van der Waals surface area contributed by atoms with E-state index in [0.717, 1.165) is 23.2 Å². The average Bonchev–Trinajstić information content (AvgIpc) is 2.72. The van der Waals surface area contributed by atoms with Crippen LogP contribution in [0.3, 0.4) is 0 Å². The molecule has 1 aliphatic carbocycles. The fourth-order valence-corrected chi connectivity index (χ4v) is 4.73. The molecule has 2 aliphatic rings. The van der Waals surface area contributed by atoms with Crippen LogP contribution >= 0.6 is 15.9 Å². The molecule has 1 aromatic rings. The molecule has 3 heteroatoms. The molecule has 19 heavy (non-hydrogen) atoms. The van der Waals surface area contributed by atoms with E-state index in [1.807, 2.05) is 0 Å². The smallest absolute Gasteiger partial charge is 0.123 e. The third-order valence-corrected chi connectivity index (χ3v) is 5.50. The SMILES string of the molecule is COc1cc2c(cc1C1C(CBr)C1(C)C)OC(C)C2. The van der Waals surface area contributed by atoms with Gasteiger partial charge in [-0.25, -0.2) is 0 Å². The van der Waals surface area contributed by atoms with Crippen LogP contribution < -0.4 is 9.47 Å². The third kappa shape index (κ3) is 1.97. The van der Waals surface area contributed by atoms with Gasteiger partial charge < -0.3 is 9.47 Å². The van der Waals surface area contributed by atoms with Gasteiger partial charge in [0.2, 0.25) is 0 Å². The lowest BCUT2D eigenvalue weighted by Gasteiger charge is -2.12. The summed E-state index contributed by atoms with van der Waals surface area (Å²) >= 11 is 3.64. The Balaban J connectivity index is 2.01. The summed E-state index contributed by atoms with van der Waals surface area (Å²) in [7, 11) is 1.77. The molecule has 104 valence electrons. The van der Waals surface area contributed by atoms with Gasteiger partial charge in [-0.15, -0.1) is 0 Å². The number of rotatable bonds is 3. The highest BCUT2D eigenvalue weighted by molar-refractivity contribution is 9.09. The molecule has 0 N–H and O–H groups in total. The molecule has 1 aromatic carbocycles. The van der Waals surface area contributed by atoms with Crippen molar-refractivity contribution in [3.63, 3.8) is 0 Å². The van der Waals surface area contributed by atoms with E-state index in [9.17, 15) is 0 Å². The van der Waals surface area contributed by atoms with Crippen molar-refractivity contribution in [2.45, 2.75) is 39.2 Å². The lowest BCUT2D eigenvalue weighted by Crippen LogP contribution is -2.05. The second-order valence-electron chi connectivity index (χ2n) is 6.39. The Morgan fingerprint density at radius 3 is 2.74 bits per heavy atom. The molecular formula is C16H21BrO2. The Labute approximate surface area is 123 Å². The fourth-order valence-electron chi connectivity index (χ4n) is 3.52. The number of methoxy groups -OCH3 is 1. The van der Waals surface area contributed by atoms with Gasteiger partial charge in [-0.3, -0.25) is 0 Å². The van der Waals surface area contributed by atoms with Crippen molar-refractivity contribution in [3.8, 4) is 11.5 Å². The molecule has 3 unspecified atom stereocenters. The van der Waals surface area contributed by atoms with Gasteiger partial charge in [0.05, 0.1) is 7.11 Å². The van der Waals surface area contributed by atoms with E-state index in [1.54, 1.807) is 7.11 Å². The van der Waals surface area contributed by atoms with Crippen LogP contribution in [0.2, 0.25) is 0 Å². The number of benzene rings is 1. The first-order valence-corrected chi connectivity index (χ1v) is 8.04. The molecule has 2 nitrogen and oxygen atoms in total. The van der Waals surface area contributed by atoms with E-state index >= 15 is 0 Å². The van der Waals surface area contributed by atoms with Crippen molar-refractivity contribution < 1.29 is 9.47 Å². The molecule has 1 saturated carbocycles. The number of alkyl halides is 1. The van der Waals surface area contributed by atoms with Gasteiger partial charge in [-0.05, 0) is 36.3 Å². The van der Waals surface area contributed by atoms with E-state index in [0.29, 0.717) is 17.3 Å². The molecule has 0 radical (unpaired) electrons. The van der Waals surface area contributed by atoms with Crippen molar-refractivity contribution >= 4 is 15.9 Å². The first-order valence-electron chi connectivity index (χ1n) is 6.92. The minimum absolute atomic E-state index is 0.286. The van der Waals surface area contributed by atoms with Gasteiger partial charge in [0.25, 0.3) is 0 Å². The summed E-state index contributed by atoms with van der Waals surface area (Å²) in [4.78, 5) is 0. The van der Waals surface area contributed by atoms with Crippen LogP contribution in [0, 0.1) is 11.3 Å². The van der Waals surface area contributed by atoms with E-state index in [-0.39, 0.29) is 6.10 Å². The third-order valence-electron chi connectivity index (χ3n) is 4.80. The van der Waals surface area contributed by atoms with Crippen molar-refractivity contribution in [3.05, 3.63) is 23.3 Å². The zero-order chi connectivity index (χ0) is 13.8. The molecule has 3 atom stereocenters. The number of hydrogen-bond acceptors (Lipinski definition) is 2. The Morgan fingerprint density at radius 1 is 1.42 bits per heavy atom. The summed E-state index contributed by atoms with van der Waals surface area (Å²) in [5.74, 6) is 3.32. The molecular weight excluding hydrogens is 304 g/mol. The highest BCUT2D eigenvalue weighted by Gasteiger charge is 2.58. The van der Waals surface area contributed by atoms with Crippen LogP contribution in [0.15, 0.2) is 12.1 Å². The predicted molar refractivity (Wildman–Crippen MR) is 80.6 cm³/mol. The van der Waals surface area contributed by atoms with E-state index in [2.05, 4.69) is 48.8 Å². The topological polar surface area (TPSA) is 18.5 Å². The highest BCUT2D eigenvalue weighted by atomic mass is 79.9. The van der Waals surface area contributed by atoms with Crippen molar-refractivity contribution in [2.24, 2.45) is 11.3 Å². The average molecular weight is 325 g/mol. The van der Waals surface area contributed by atoms with Crippen LogP contribution in [-0.2, 0) is 6.42 Å². The lowest BCUT2D eigenvalue weighted by molar-refractivity contribution is 0.254. The number of fused-ring (bicyclic) bond motifs is 1. The summed E-state index contributed by atoms with van der Waals surface area (Å²) in [6.07, 6.45) is 1.27. The predicted octanol–water partition coefficient (Wildman–Crippen LogP) is 4.15. The van der Waals surface area contributed by atoms with Gasteiger partial charge in [-0.1, -0.05) is 29.8 Å². The Kier molecular flexibility index (Phi) is 3.08. The van der Waals surface area contributed by atoms with Gasteiger partial charge in [0, 0.05) is 22.9 Å². The lowest BCUT2D eigenvalue weighted by atomic mass is 9.99. The molecule has 0 saturated heterocycles. The second kappa shape index (κ2) is 4.41.